The number of hydrogen-bond donors (Lipinski definition) is 1. The monoisotopic (exact) mass is 258 g/mol. The number of hydrogen-bond acceptors (Lipinski definition) is 2. The topological polar surface area (TPSA) is 55.1 Å². The van der Waals surface area contributed by atoms with Gasteiger partial charge >= 0.3 is 5.97 Å². The number of aromatic carboxylic acids is 1. The minimum atomic E-state index is -0.946. The van der Waals surface area contributed by atoms with Gasteiger partial charge in [0, 0.05) is 5.56 Å². The highest BCUT2D eigenvalue weighted by molar-refractivity contribution is 5.88. The van der Waals surface area contributed by atoms with Gasteiger partial charge < -0.3 is 5.11 Å². The lowest BCUT2D eigenvalue weighted by molar-refractivity contribution is 0.0686. The molecule has 19 heavy (non-hydrogen) atoms. The molecule has 1 aromatic heterocycles. The Morgan fingerprint density at radius 3 is 2.53 bits per heavy atom. The van der Waals surface area contributed by atoms with Crippen LogP contribution >= 0.6 is 0 Å². The summed E-state index contributed by atoms with van der Waals surface area (Å²) >= 11 is 0. The van der Waals surface area contributed by atoms with Crippen molar-refractivity contribution < 1.29 is 9.90 Å². The van der Waals surface area contributed by atoms with Crippen LogP contribution in [0.2, 0.25) is 0 Å². The number of aryl methyl sites for hydroxylation is 1. The van der Waals surface area contributed by atoms with Gasteiger partial charge in [-0.3, -0.25) is 0 Å². The van der Waals surface area contributed by atoms with E-state index in [0.29, 0.717) is 0 Å². The predicted molar refractivity (Wildman–Crippen MR) is 74.1 cm³/mol. The van der Waals surface area contributed by atoms with Gasteiger partial charge in [0.05, 0.1) is 11.4 Å². The number of nitrogens with zero attached hydrogens (tertiary/aromatic N) is 2. The molecule has 0 aliphatic rings. The molecule has 0 saturated heterocycles. The second-order valence-corrected chi connectivity index (χ2v) is 5.07. The molecular weight excluding hydrogens is 240 g/mol. The van der Waals surface area contributed by atoms with Crippen LogP contribution in [0.25, 0.3) is 5.69 Å². The molecule has 0 aliphatic carbocycles. The Morgan fingerprint density at radius 2 is 2.00 bits per heavy atom. The molecule has 2 rings (SSSR count). The van der Waals surface area contributed by atoms with Crippen LogP contribution in [0.5, 0.6) is 0 Å². The number of aromatic nitrogens is 2. The molecule has 0 atom stereocenters. The van der Waals surface area contributed by atoms with Gasteiger partial charge in [-0.25, -0.2) is 9.48 Å². The first kappa shape index (κ1) is 13.3. The number of rotatable bonds is 3. The minimum Gasteiger partial charge on any atom is -0.477 e. The zero-order valence-corrected chi connectivity index (χ0v) is 11.6. The maximum absolute atomic E-state index is 11.5. The summed E-state index contributed by atoms with van der Waals surface area (Å²) in [5.41, 5.74) is 3.68. The van der Waals surface area contributed by atoms with Crippen LogP contribution in [-0.4, -0.2) is 20.9 Å². The Morgan fingerprint density at radius 1 is 1.32 bits per heavy atom. The Labute approximate surface area is 112 Å². The Balaban J connectivity index is 2.69. The molecule has 2 aromatic rings. The summed E-state index contributed by atoms with van der Waals surface area (Å²) in [4.78, 5) is 11.5. The molecule has 0 fully saturated rings. The van der Waals surface area contributed by atoms with Crippen LogP contribution in [0.15, 0.2) is 24.3 Å². The maximum atomic E-state index is 11.5. The maximum Gasteiger partial charge on any atom is 0.354 e. The first-order valence-electron chi connectivity index (χ1n) is 6.31. The van der Waals surface area contributed by atoms with Crippen LogP contribution in [0.3, 0.4) is 0 Å². The van der Waals surface area contributed by atoms with Crippen molar-refractivity contribution in [1.29, 1.82) is 0 Å². The van der Waals surface area contributed by atoms with Gasteiger partial charge in [0.25, 0.3) is 0 Å². The van der Waals surface area contributed by atoms with Gasteiger partial charge in [0.15, 0.2) is 5.69 Å². The smallest absolute Gasteiger partial charge is 0.354 e. The molecule has 0 unspecified atom stereocenters. The van der Waals surface area contributed by atoms with Crippen molar-refractivity contribution in [3.63, 3.8) is 0 Å². The average Bonchev–Trinajstić information content (AvgIpc) is 2.67. The van der Waals surface area contributed by atoms with Crippen molar-refractivity contribution in [2.75, 3.05) is 0 Å². The summed E-state index contributed by atoms with van der Waals surface area (Å²) in [7, 11) is 0. The number of carbonyl (C=O) groups is 1. The third-order valence-corrected chi connectivity index (χ3v) is 3.15. The highest BCUT2D eigenvalue weighted by Gasteiger charge is 2.22. The molecule has 100 valence electrons. The quantitative estimate of drug-likeness (QED) is 0.918. The molecule has 0 bridgehead atoms. The van der Waals surface area contributed by atoms with Crippen molar-refractivity contribution in [2.24, 2.45) is 0 Å². The summed E-state index contributed by atoms with van der Waals surface area (Å²) in [6, 6.07) is 7.69. The van der Waals surface area contributed by atoms with Gasteiger partial charge in [-0.2, -0.15) is 5.10 Å². The van der Waals surface area contributed by atoms with Gasteiger partial charge in [0.1, 0.15) is 0 Å². The Kier molecular flexibility index (Phi) is 3.42. The molecule has 0 amide bonds. The summed E-state index contributed by atoms with van der Waals surface area (Å²) in [5, 5.41) is 13.9. The fourth-order valence-corrected chi connectivity index (χ4v) is 2.26. The Bertz CT molecular complexity index is 627. The third kappa shape index (κ3) is 2.38. The van der Waals surface area contributed by atoms with Gasteiger partial charge in [-0.1, -0.05) is 26.0 Å². The van der Waals surface area contributed by atoms with Crippen molar-refractivity contribution >= 4 is 5.97 Å². The summed E-state index contributed by atoms with van der Waals surface area (Å²) in [6.07, 6.45) is 0. The highest BCUT2D eigenvalue weighted by atomic mass is 16.4. The first-order valence-corrected chi connectivity index (χ1v) is 6.31. The lowest BCUT2D eigenvalue weighted by atomic mass is 10.1. The summed E-state index contributed by atoms with van der Waals surface area (Å²) in [6.45, 7) is 7.82. The molecule has 4 heteroatoms. The summed E-state index contributed by atoms with van der Waals surface area (Å²) in [5.74, 6) is -0.748. The Hall–Kier alpha value is -2.10. The number of benzene rings is 1. The fraction of sp³-hybridized carbons (Fsp3) is 0.333. The molecule has 0 radical (unpaired) electrons. The largest absolute Gasteiger partial charge is 0.477 e. The van der Waals surface area contributed by atoms with Crippen LogP contribution < -0.4 is 0 Å². The van der Waals surface area contributed by atoms with E-state index in [1.54, 1.807) is 0 Å². The van der Waals surface area contributed by atoms with E-state index in [9.17, 15) is 9.90 Å². The van der Waals surface area contributed by atoms with Crippen molar-refractivity contribution in [2.45, 2.75) is 33.6 Å². The number of carboxylic acids is 1. The van der Waals surface area contributed by atoms with E-state index in [2.05, 4.69) is 5.10 Å². The molecule has 1 N–H and O–H groups in total. The second kappa shape index (κ2) is 4.88. The van der Waals surface area contributed by atoms with Crippen molar-refractivity contribution in [3.05, 3.63) is 46.8 Å². The molecule has 0 saturated carbocycles. The van der Waals surface area contributed by atoms with Crippen LogP contribution in [0.4, 0.5) is 0 Å². The molecule has 0 spiro atoms. The van der Waals surface area contributed by atoms with E-state index >= 15 is 0 Å². The van der Waals surface area contributed by atoms with E-state index in [-0.39, 0.29) is 11.6 Å². The normalized spacial score (nSPS) is 11.0. The van der Waals surface area contributed by atoms with Crippen molar-refractivity contribution in [1.82, 2.24) is 9.78 Å². The van der Waals surface area contributed by atoms with Gasteiger partial charge in [-0.15, -0.1) is 0 Å². The fourth-order valence-electron chi connectivity index (χ4n) is 2.26. The summed E-state index contributed by atoms with van der Waals surface area (Å²) < 4.78 is 1.53. The van der Waals surface area contributed by atoms with E-state index in [4.69, 9.17) is 0 Å². The molecule has 4 nitrogen and oxygen atoms in total. The molecular formula is C15H18N2O2. The minimum absolute atomic E-state index is 0.198. The zero-order chi connectivity index (χ0) is 14.2. The first-order chi connectivity index (χ1) is 8.91. The molecule has 0 aliphatic heterocycles. The average molecular weight is 258 g/mol. The van der Waals surface area contributed by atoms with Gasteiger partial charge in [0.2, 0.25) is 0 Å². The van der Waals surface area contributed by atoms with Crippen LogP contribution in [-0.2, 0) is 0 Å². The molecule has 1 aromatic carbocycles. The highest BCUT2D eigenvalue weighted by Crippen LogP contribution is 2.24. The van der Waals surface area contributed by atoms with Crippen LogP contribution in [0.1, 0.15) is 47.1 Å². The predicted octanol–water partition coefficient (Wildman–Crippen LogP) is 3.31. The standard InChI is InChI=1S/C15H18N2O2/c1-9(2)13-11(4)14(15(18)19)17(16-13)12-7-5-6-10(3)8-12/h5-9H,1-4H3,(H,18,19). The van der Waals surface area contributed by atoms with E-state index in [1.165, 1.54) is 4.68 Å². The van der Waals surface area contributed by atoms with E-state index < -0.39 is 5.97 Å². The van der Waals surface area contributed by atoms with Gasteiger partial charge in [-0.05, 0) is 37.5 Å². The molecule has 1 heterocycles. The number of carboxylic acid groups (broad SMARTS) is 1. The second-order valence-electron chi connectivity index (χ2n) is 5.07. The zero-order valence-electron chi connectivity index (χ0n) is 11.6. The lowest BCUT2D eigenvalue weighted by Gasteiger charge is -2.05. The van der Waals surface area contributed by atoms with E-state index in [1.807, 2.05) is 52.0 Å². The van der Waals surface area contributed by atoms with E-state index in [0.717, 1.165) is 22.5 Å². The van der Waals surface area contributed by atoms with Crippen molar-refractivity contribution in [3.8, 4) is 5.69 Å². The van der Waals surface area contributed by atoms with Crippen LogP contribution in [0, 0.1) is 13.8 Å². The third-order valence-electron chi connectivity index (χ3n) is 3.15. The lowest BCUT2D eigenvalue weighted by Crippen LogP contribution is -2.09. The SMILES string of the molecule is Cc1cccc(-n2nc(C(C)C)c(C)c2C(=O)O)c1.